The van der Waals surface area contributed by atoms with Crippen LogP contribution in [0.25, 0.3) is 0 Å². The highest BCUT2D eigenvalue weighted by Gasteiger charge is 2.19. The van der Waals surface area contributed by atoms with Crippen LogP contribution in [0.5, 0.6) is 0 Å². The van der Waals surface area contributed by atoms with E-state index in [0.29, 0.717) is 11.8 Å². The molecule has 0 N–H and O–H groups in total. The molecule has 0 saturated carbocycles. The van der Waals surface area contributed by atoms with E-state index in [1.54, 1.807) is 0 Å². The van der Waals surface area contributed by atoms with Gasteiger partial charge in [-0.1, -0.05) is 49.7 Å². The predicted octanol–water partition coefficient (Wildman–Crippen LogP) is 4.49. The molecule has 2 rings (SSSR count). The van der Waals surface area contributed by atoms with E-state index in [4.69, 9.17) is 0 Å². The molecule has 0 fully saturated rings. The molecule has 1 heteroatoms. The summed E-state index contributed by atoms with van der Waals surface area (Å²) in [6.07, 6.45) is 1.96. The molecule has 1 aromatic carbocycles. The number of hydrogen-bond donors (Lipinski definition) is 0. The summed E-state index contributed by atoms with van der Waals surface area (Å²) in [5.41, 5.74) is 5.04. The van der Waals surface area contributed by atoms with Crippen LogP contribution in [0.15, 0.2) is 42.6 Å². The molecule has 0 bridgehead atoms. The SMILES string of the molecule is Cc1ccc(C(c2ccc(C)cn2)C(C)C)cc1. The molecule has 1 unspecified atom stereocenters. The van der Waals surface area contributed by atoms with Gasteiger partial charge >= 0.3 is 0 Å². The molecule has 1 atom stereocenters. The Bertz CT molecular complexity index is 449. The summed E-state index contributed by atoms with van der Waals surface area (Å²) in [6, 6.07) is 13.1. The first-order chi connectivity index (χ1) is 8.58. The van der Waals surface area contributed by atoms with Gasteiger partial charge < -0.3 is 0 Å². The van der Waals surface area contributed by atoms with E-state index in [1.165, 1.54) is 22.4 Å². The molecule has 18 heavy (non-hydrogen) atoms. The molecule has 0 aliphatic heterocycles. The third kappa shape index (κ3) is 2.79. The van der Waals surface area contributed by atoms with Crippen molar-refractivity contribution in [3.63, 3.8) is 0 Å². The fourth-order valence-corrected chi connectivity index (χ4v) is 2.33. The van der Waals surface area contributed by atoms with Gasteiger partial charge in [-0.3, -0.25) is 4.98 Å². The molecule has 1 heterocycles. The number of rotatable bonds is 3. The summed E-state index contributed by atoms with van der Waals surface area (Å²) < 4.78 is 0. The molecular weight excluding hydrogens is 218 g/mol. The molecular formula is C17H21N. The minimum atomic E-state index is 0.381. The standard InChI is InChI=1S/C17H21N/c1-12(2)17(15-8-5-13(3)6-9-15)16-10-7-14(4)11-18-16/h5-12,17H,1-4H3. The Morgan fingerprint density at radius 2 is 1.44 bits per heavy atom. The monoisotopic (exact) mass is 239 g/mol. The van der Waals surface area contributed by atoms with Gasteiger partial charge in [0, 0.05) is 17.8 Å². The van der Waals surface area contributed by atoms with E-state index in [2.05, 4.69) is 69.1 Å². The molecule has 0 amide bonds. The maximum atomic E-state index is 4.60. The van der Waals surface area contributed by atoms with Gasteiger partial charge in [-0.05, 0) is 37.0 Å². The van der Waals surface area contributed by atoms with Crippen molar-refractivity contribution in [2.24, 2.45) is 5.92 Å². The summed E-state index contributed by atoms with van der Waals surface area (Å²) in [6.45, 7) is 8.71. The number of aromatic nitrogens is 1. The first-order valence-electron chi connectivity index (χ1n) is 6.57. The summed E-state index contributed by atoms with van der Waals surface area (Å²) in [4.78, 5) is 4.60. The lowest BCUT2D eigenvalue weighted by Crippen LogP contribution is -2.10. The molecule has 0 aliphatic rings. The van der Waals surface area contributed by atoms with Crippen molar-refractivity contribution in [2.45, 2.75) is 33.6 Å². The third-order valence-corrected chi connectivity index (χ3v) is 3.36. The number of nitrogens with zero attached hydrogens (tertiary/aromatic N) is 1. The largest absolute Gasteiger partial charge is 0.260 e. The number of pyridine rings is 1. The van der Waals surface area contributed by atoms with Crippen molar-refractivity contribution < 1.29 is 0 Å². The number of hydrogen-bond acceptors (Lipinski definition) is 1. The number of benzene rings is 1. The summed E-state index contributed by atoms with van der Waals surface area (Å²) in [7, 11) is 0. The van der Waals surface area contributed by atoms with E-state index >= 15 is 0 Å². The molecule has 2 aromatic rings. The van der Waals surface area contributed by atoms with Crippen LogP contribution >= 0.6 is 0 Å². The molecule has 0 saturated heterocycles. The summed E-state index contributed by atoms with van der Waals surface area (Å²) >= 11 is 0. The second-order valence-corrected chi connectivity index (χ2v) is 5.39. The molecule has 1 aromatic heterocycles. The zero-order valence-corrected chi connectivity index (χ0v) is 11.6. The zero-order chi connectivity index (χ0) is 13.1. The second kappa shape index (κ2) is 5.34. The fourth-order valence-electron chi connectivity index (χ4n) is 2.33. The van der Waals surface area contributed by atoms with E-state index in [-0.39, 0.29) is 0 Å². The van der Waals surface area contributed by atoms with Crippen LogP contribution in [-0.2, 0) is 0 Å². The quantitative estimate of drug-likeness (QED) is 0.769. The van der Waals surface area contributed by atoms with Crippen molar-refractivity contribution in [1.29, 1.82) is 0 Å². The summed E-state index contributed by atoms with van der Waals surface area (Å²) in [5.74, 6) is 0.925. The van der Waals surface area contributed by atoms with Crippen molar-refractivity contribution in [3.05, 3.63) is 65.0 Å². The minimum absolute atomic E-state index is 0.381. The van der Waals surface area contributed by atoms with Crippen LogP contribution < -0.4 is 0 Å². The highest BCUT2D eigenvalue weighted by molar-refractivity contribution is 5.32. The maximum absolute atomic E-state index is 4.60. The topological polar surface area (TPSA) is 12.9 Å². The normalized spacial score (nSPS) is 12.7. The second-order valence-electron chi connectivity index (χ2n) is 5.39. The van der Waals surface area contributed by atoms with Crippen LogP contribution in [-0.4, -0.2) is 4.98 Å². The van der Waals surface area contributed by atoms with E-state index in [1.807, 2.05) is 6.20 Å². The fraction of sp³-hybridized carbons (Fsp3) is 0.353. The highest BCUT2D eigenvalue weighted by Crippen LogP contribution is 2.30. The van der Waals surface area contributed by atoms with E-state index < -0.39 is 0 Å². The average Bonchev–Trinajstić information content (AvgIpc) is 2.34. The molecule has 0 aliphatic carbocycles. The minimum Gasteiger partial charge on any atom is -0.260 e. The van der Waals surface area contributed by atoms with Crippen molar-refractivity contribution in [3.8, 4) is 0 Å². The Morgan fingerprint density at radius 3 is 1.94 bits per heavy atom. The Kier molecular flexibility index (Phi) is 3.81. The first-order valence-corrected chi connectivity index (χ1v) is 6.57. The number of aryl methyl sites for hydroxylation is 2. The van der Waals surface area contributed by atoms with Gasteiger partial charge in [0.05, 0.1) is 0 Å². The lowest BCUT2D eigenvalue weighted by Gasteiger charge is -2.21. The smallest absolute Gasteiger partial charge is 0.0481 e. The molecule has 0 radical (unpaired) electrons. The Balaban J connectivity index is 2.39. The van der Waals surface area contributed by atoms with Gasteiger partial charge in [0.25, 0.3) is 0 Å². The lowest BCUT2D eigenvalue weighted by molar-refractivity contribution is 0.552. The Morgan fingerprint density at radius 1 is 0.833 bits per heavy atom. The van der Waals surface area contributed by atoms with Gasteiger partial charge in [-0.25, -0.2) is 0 Å². The summed E-state index contributed by atoms with van der Waals surface area (Å²) in [5, 5.41) is 0. The van der Waals surface area contributed by atoms with Crippen LogP contribution in [0, 0.1) is 19.8 Å². The maximum Gasteiger partial charge on any atom is 0.0481 e. The van der Waals surface area contributed by atoms with Gasteiger partial charge in [0.15, 0.2) is 0 Å². The van der Waals surface area contributed by atoms with Crippen LogP contribution in [0.3, 0.4) is 0 Å². The van der Waals surface area contributed by atoms with E-state index in [0.717, 1.165) is 0 Å². The van der Waals surface area contributed by atoms with Gasteiger partial charge in [-0.15, -0.1) is 0 Å². The Hall–Kier alpha value is -1.63. The van der Waals surface area contributed by atoms with Gasteiger partial charge in [-0.2, -0.15) is 0 Å². The molecule has 0 spiro atoms. The van der Waals surface area contributed by atoms with Crippen LogP contribution in [0.4, 0.5) is 0 Å². The Labute approximate surface area is 110 Å². The lowest BCUT2D eigenvalue weighted by atomic mass is 9.85. The van der Waals surface area contributed by atoms with E-state index in [9.17, 15) is 0 Å². The highest BCUT2D eigenvalue weighted by atomic mass is 14.7. The van der Waals surface area contributed by atoms with Crippen LogP contribution in [0.1, 0.15) is 42.1 Å². The first kappa shape index (κ1) is 12.8. The molecule has 94 valence electrons. The van der Waals surface area contributed by atoms with Gasteiger partial charge in [0.2, 0.25) is 0 Å². The predicted molar refractivity (Wildman–Crippen MR) is 76.8 cm³/mol. The van der Waals surface area contributed by atoms with Crippen LogP contribution in [0.2, 0.25) is 0 Å². The van der Waals surface area contributed by atoms with Crippen molar-refractivity contribution in [1.82, 2.24) is 4.98 Å². The van der Waals surface area contributed by atoms with Gasteiger partial charge in [0.1, 0.15) is 0 Å². The zero-order valence-electron chi connectivity index (χ0n) is 11.6. The average molecular weight is 239 g/mol. The van der Waals surface area contributed by atoms with Crippen molar-refractivity contribution >= 4 is 0 Å². The molecule has 1 nitrogen and oxygen atoms in total. The third-order valence-electron chi connectivity index (χ3n) is 3.36. The van der Waals surface area contributed by atoms with Crippen molar-refractivity contribution in [2.75, 3.05) is 0 Å².